The third-order valence-corrected chi connectivity index (χ3v) is 4.22. The molecule has 0 unspecified atom stereocenters. The van der Waals surface area contributed by atoms with E-state index < -0.39 is 6.09 Å². The number of hydrogen-bond donors (Lipinski definition) is 1. The van der Waals surface area contributed by atoms with Crippen LogP contribution in [0.5, 0.6) is 5.75 Å². The lowest BCUT2D eigenvalue weighted by Crippen LogP contribution is -2.16. The predicted molar refractivity (Wildman–Crippen MR) is 88.8 cm³/mol. The fraction of sp³-hybridized carbons (Fsp3) is 0.222. The number of hydrogen-bond acceptors (Lipinski definition) is 5. The van der Waals surface area contributed by atoms with Gasteiger partial charge in [0.05, 0.1) is 5.52 Å². The van der Waals surface area contributed by atoms with Crippen molar-refractivity contribution in [1.29, 1.82) is 0 Å². The number of nitrogens with two attached hydrogens (primary N) is 1. The molecular formula is C18H16N4O2. The number of fused-ring (bicyclic) bond motifs is 1. The van der Waals surface area contributed by atoms with Crippen molar-refractivity contribution in [2.45, 2.75) is 25.2 Å². The lowest BCUT2D eigenvalue weighted by molar-refractivity contribution is 0.211. The van der Waals surface area contributed by atoms with E-state index in [0.29, 0.717) is 17.6 Å². The zero-order chi connectivity index (χ0) is 16.7. The number of aromatic nitrogens is 3. The van der Waals surface area contributed by atoms with Gasteiger partial charge in [-0.3, -0.25) is 4.98 Å². The van der Waals surface area contributed by atoms with Crippen molar-refractivity contribution in [2.75, 3.05) is 0 Å². The largest absolute Gasteiger partial charge is 0.410 e. The Morgan fingerprint density at radius 3 is 2.79 bits per heavy atom. The molecule has 120 valence electrons. The molecule has 1 fully saturated rings. The monoisotopic (exact) mass is 320 g/mol. The molecule has 0 saturated heterocycles. The maximum Gasteiger partial charge on any atom is 0.409 e. The van der Waals surface area contributed by atoms with E-state index in [0.717, 1.165) is 34.5 Å². The Bertz CT molecular complexity index is 941. The second-order valence-corrected chi connectivity index (χ2v) is 6.02. The maximum absolute atomic E-state index is 10.9. The number of nitrogens with zero attached hydrogens (tertiary/aromatic N) is 3. The van der Waals surface area contributed by atoms with Crippen LogP contribution in [0.25, 0.3) is 10.9 Å². The van der Waals surface area contributed by atoms with E-state index >= 15 is 0 Å². The zero-order valence-corrected chi connectivity index (χ0v) is 13.1. The number of amides is 1. The van der Waals surface area contributed by atoms with Gasteiger partial charge < -0.3 is 10.5 Å². The molecule has 4 rings (SSSR count). The number of pyridine rings is 1. The number of ether oxygens (including phenoxy) is 1. The normalized spacial score (nSPS) is 19.2. The fourth-order valence-electron chi connectivity index (χ4n) is 2.95. The van der Waals surface area contributed by atoms with E-state index in [1.807, 2.05) is 31.2 Å². The fourth-order valence-corrected chi connectivity index (χ4v) is 2.95. The lowest BCUT2D eigenvalue weighted by Gasteiger charge is -2.05. The van der Waals surface area contributed by atoms with Gasteiger partial charge in [0.25, 0.3) is 0 Å². The molecule has 0 radical (unpaired) electrons. The van der Waals surface area contributed by atoms with Crippen LogP contribution in [-0.4, -0.2) is 21.0 Å². The van der Waals surface area contributed by atoms with Gasteiger partial charge in [-0.1, -0.05) is 6.07 Å². The van der Waals surface area contributed by atoms with Crippen LogP contribution in [0.3, 0.4) is 0 Å². The molecule has 2 aromatic heterocycles. The van der Waals surface area contributed by atoms with Crippen LogP contribution in [0.1, 0.15) is 35.5 Å². The van der Waals surface area contributed by atoms with Crippen molar-refractivity contribution < 1.29 is 9.53 Å². The number of rotatable bonds is 3. The first-order chi connectivity index (χ1) is 11.6. The average molecular weight is 320 g/mol. The Labute approximate surface area is 138 Å². The van der Waals surface area contributed by atoms with Gasteiger partial charge in [0, 0.05) is 40.9 Å². The molecular weight excluding hydrogens is 304 g/mol. The summed E-state index contributed by atoms with van der Waals surface area (Å²) >= 11 is 0. The summed E-state index contributed by atoms with van der Waals surface area (Å²) < 4.78 is 4.92. The van der Waals surface area contributed by atoms with Gasteiger partial charge in [0.15, 0.2) is 0 Å². The molecule has 6 heteroatoms. The van der Waals surface area contributed by atoms with Crippen LogP contribution in [0.2, 0.25) is 0 Å². The standard InChI is InChI=1S/C18H16N4O2/c1-10-6-7-20-17(21-10)14-9-13(14)15-5-3-11-2-4-12(24-18(19)23)8-16(11)22-15/h2-8,13-14H,9H2,1H3,(H2,19,23)/t13-,14-/m0/s1. The molecule has 1 amide bonds. The summed E-state index contributed by atoms with van der Waals surface area (Å²) in [5.74, 6) is 1.93. The summed E-state index contributed by atoms with van der Waals surface area (Å²) in [6.07, 6.45) is 1.97. The molecule has 1 aromatic carbocycles. The Balaban J connectivity index is 1.62. The Hall–Kier alpha value is -3.02. The highest BCUT2D eigenvalue weighted by atomic mass is 16.5. The third kappa shape index (κ3) is 2.78. The molecule has 1 saturated carbocycles. The number of primary amides is 1. The number of carbonyl (C=O) groups is 1. The second kappa shape index (κ2) is 5.56. The topological polar surface area (TPSA) is 91.0 Å². The van der Waals surface area contributed by atoms with Crippen molar-refractivity contribution in [2.24, 2.45) is 5.73 Å². The summed E-state index contributed by atoms with van der Waals surface area (Å²) in [5, 5.41) is 0.986. The van der Waals surface area contributed by atoms with Crippen LogP contribution >= 0.6 is 0 Å². The average Bonchev–Trinajstić information content (AvgIpc) is 3.34. The van der Waals surface area contributed by atoms with E-state index in [2.05, 4.69) is 9.97 Å². The van der Waals surface area contributed by atoms with Crippen LogP contribution < -0.4 is 10.5 Å². The molecule has 2 N–H and O–H groups in total. The van der Waals surface area contributed by atoms with Crippen molar-refractivity contribution in [1.82, 2.24) is 15.0 Å². The van der Waals surface area contributed by atoms with Crippen molar-refractivity contribution in [3.8, 4) is 5.75 Å². The molecule has 1 aliphatic carbocycles. The molecule has 24 heavy (non-hydrogen) atoms. The van der Waals surface area contributed by atoms with Gasteiger partial charge in [0.2, 0.25) is 0 Å². The first-order valence-corrected chi connectivity index (χ1v) is 7.78. The summed E-state index contributed by atoms with van der Waals surface area (Å²) in [6, 6.07) is 11.3. The molecule has 0 spiro atoms. The number of aryl methyl sites for hydroxylation is 1. The van der Waals surface area contributed by atoms with Crippen LogP contribution in [0.4, 0.5) is 4.79 Å². The summed E-state index contributed by atoms with van der Waals surface area (Å²) in [7, 11) is 0. The van der Waals surface area contributed by atoms with Gasteiger partial charge in [-0.2, -0.15) is 0 Å². The highest BCUT2D eigenvalue weighted by molar-refractivity contribution is 5.81. The van der Waals surface area contributed by atoms with E-state index in [1.165, 1.54) is 0 Å². The summed E-state index contributed by atoms with van der Waals surface area (Å²) in [4.78, 5) is 24.5. The second-order valence-electron chi connectivity index (χ2n) is 6.02. The van der Waals surface area contributed by atoms with Gasteiger partial charge in [-0.15, -0.1) is 0 Å². The number of benzene rings is 1. The minimum atomic E-state index is -0.829. The van der Waals surface area contributed by atoms with Gasteiger partial charge >= 0.3 is 6.09 Å². The van der Waals surface area contributed by atoms with Crippen LogP contribution in [0.15, 0.2) is 42.6 Å². The molecule has 0 bridgehead atoms. The molecule has 0 aliphatic heterocycles. The van der Waals surface area contributed by atoms with Crippen LogP contribution in [0, 0.1) is 6.92 Å². The van der Waals surface area contributed by atoms with Crippen LogP contribution in [-0.2, 0) is 0 Å². The van der Waals surface area contributed by atoms with Crippen molar-refractivity contribution in [3.63, 3.8) is 0 Å². The molecule has 3 aromatic rings. The molecule has 2 atom stereocenters. The van der Waals surface area contributed by atoms with E-state index in [9.17, 15) is 4.79 Å². The van der Waals surface area contributed by atoms with E-state index in [-0.39, 0.29) is 0 Å². The Kier molecular flexibility index (Phi) is 3.37. The minimum Gasteiger partial charge on any atom is -0.410 e. The highest BCUT2D eigenvalue weighted by Gasteiger charge is 2.42. The predicted octanol–water partition coefficient (Wildman–Crippen LogP) is 3.06. The zero-order valence-electron chi connectivity index (χ0n) is 13.1. The molecule has 6 nitrogen and oxygen atoms in total. The first-order valence-electron chi connectivity index (χ1n) is 7.78. The van der Waals surface area contributed by atoms with Crippen molar-refractivity contribution in [3.05, 3.63) is 59.8 Å². The SMILES string of the molecule is Cc1ccnc([C@H]2C[C@@H]2c2ccc3ccc(OC(N)=O)cc3n2)n1. The Morgan fingerprint density at radius 2 is 2.00 bits per heavy atom. The third-order valence-electron chi connectivity index (χ3n) is 4.22. The van der Waals surface area contributed by atoms with E-state index in [1.54, 1.807) is 18.3 Å². The summed E-state index contributed by atoms with van der Waals surface area (Å²) in [5.41, 5.74) is 7.82. The van der Waals surface area contributed by atoms with Crippen molar-refractivity contribution >= 4 is 17.0 Å². The first kappa shape index (κ1) is 14.6. The van der Waals surface area contributed by atoms with Gasteiger partial charge in [-0.05, 0) is 37.6 Å². The molecule has 2 heterocycles. The number of carbonyl (C=O) groups excluding carboxylic acids is 1. The maximum atomic E-state index is 10.9. The quantitative estimate of drug-likeness (QED) is 0.801. The van der Waals surface area contributed by atoms with Gasteiger partial charge in [0.1, 0.15) is 11.6 Å². The summed E-state index contributed by atoms with van der Waals surface area (Å²) in [6.45, 7) is 1.97. The van der Waals surface area contributed by atoms with Gasteiger partial charge in [-0.25, -0.2) is 14.8 Å². The minimum absolute atomic E-state index is 0.319. The Morgan fingerprint density at radius 1 is 1.17 bits per heavy atom. The van der Waals surface area contributed by atoms with E-state index in [4.69, 9.17) is 15.5 Å². The smallest absolute Gasteiger partial charge is 0.409 e. The lowest BCUT2D eigenvalue weighted by atomic mass is 10.1. The highest BCUT2D eigenvalue weighted by Crippen LogP contribution is 2.53. The molecule has 1 aliphatic rings.